The van der Waals surface area contributed by atoms with E-state index in [0.717, 1.165) is 57.1 Å². The van der Waals surface area contributed by atoms with Crippen LogP contribution in [0.1, 0.15) is 43.9 Å². The fraction of sp³-hybridized carbons (Fsp3) is 0.483. The fourth-order valence-corrected chi connectivity index (χ4v) is 6.10. The predicted octanol–water partition coefficient (Wildman–Crippen LogP) is 5.16. The molecule has 3 aromatic rings. The number of likely N-dealkylation sites (N-methyl/N-ethyl adjacent to an activating group) is 1. The van der Waals surface area contributed by atoms with Gasteiger partial charge in [-0.05, 0) is 87.1 Å². The van der Waals surface area contributed by atoms with Crippen molar-refractivity contribution in [3.8, 4) is 0 Å². The monoisotopic (exact) mass is 492 g/mol. The van der Waals surface area contributed by atoms with E-state index in [2.05, 4.69) is 69.1 Å². The van der Waals surface area contributed by atoms with Crippen LogP contribution in [0.2, 0.25) is 5.02 Å². The Morgan fingerprint density at radius 1 is 1.00 bits per heavy atom. The van der Waals surface area contributed by atoms with Gasteiger partial charge in [-0.15, -0.1) is 0 Å². The van der Waals surface area contributed by atoms with E-state index in [1.807, 2.05) is 12.1 Å². The first-order valence-electron chi connectivity index (χ1n) is 13.2. The molecule has 0 aliphatic carbocycles. The molecule has 2 saturated heterocycles. The van der Waals surface area contributed by atoms with Crippen molar-refractivity contribution in [3.05, 3.63) is 70.9 Å². The van der Waals surface area contributed by atoms with Gasteiger partial charge in [0.2, 0.25) is 5.91 Å². The molecule has 1 aromatic heterocycles. The van der Waals surface area contributed by atoms with Gasteiger partial charge < -0.3 is 9.88 Å². The number of carbonyl (C=O) groups excluding carboxylic acids is 1. The van der Waals surface area contributed by atoms with Gasteiger partial charge in [-0.2, -0.15) is 0 Å². The van der Waals surface area contributed by atoms with Gasteiger partial charge in [-0.3, -0.25) is 14.6 Å². The SMILES string of the molecule is CCN1CCC[C@H]1CNC(=O)C1CCN(Cc2cc3ccccc3n2Cc2cccc(Cl)c2)CC1. The second-order valence-corrected chi connectivity index (χ2v) is 10.6. The summed E-state index contributed by atoms with van der Waals surface area (Å²) in [6.45, 7) is 8.88. The molecule has 2 aliphatic rings. The zero-order valence-corrected chi connectivity index (χ0v) is 21.5. The van der Waals surface area contributed by atoms with E-state index in [9.17, 15) is 4.79 Å². The number of rotatable bonds is 8. The van der Waals surface area contributed by atoms with Crippen molar-refractivity contribution < 1.29 is 4.79 Å². The van der Waals surface area contributed by atoms with Crippen LogP contribution >= 0.6 is 11.6 Å². The summed E-state index contributed by atoms with van der Waals surface area (Å²) in [5, 5.41) is 5.31. The zero-order chi connectivity index (χ0) is 24.2. The third kappa shape index (κ3) is 5.74. The number of fused-ring (bicyclic) bond motifs is 1. The second-order valence-electron chi connectivity index (χ2n) is 10.1. The highest BCUT2D eigenvalue weighted by molar-refractivity contribution is 6.30. The number of hydrogen-bond acceptors (Lipinski definition) is 3. The standard InChI is InChI=1S/C29H37ClN4O/c1-2-33-14-6-10-26(33)19-31-29(35)23-12-15-32(16-13-23)21-27-18-24-8-3-4-11-28(24)34(27)20-22-7-5-9-25(30)17-22/h3-5,7-9,11,17-18,23,26H,2,6,10,12-16,19-21H2,1H3,(H,31,35)/t26-/m0/s1. The summed E-state index contributed by atoms with van der Waals surface area (Å²) in [5.41, 5.74) is 3.78. The van der Waals surface area contributed by atoms with Crippen molar-refractivity contribution in [2.45, 2.75) is 51.7 Å². The maximum Gasteiger partial charge on any atom is 0.223 e. The average molecular weight is 493 g/mol. The maximum atomic E-state index is 12.9. The van der Waals surface area contributed by atoms with Crippen molar-refractivity contribution in [1.29, 1.82) is 0 Å². The molecule has 5 nitrogen and oxygen atoms in total. The van der Waals surface area contributed by atoms with E-state index >= 15 is 0 Å². The summed E-state index contributed by atoms with van der Waals surface area (Å²) in [6, 6.07) is 19.6. The van der Waals surface area contributed by atoms with E-state index in [1.165, 1.54) is 41.5 Å². The van der Waals surface area contributed by atoms with E-state index in [1.54, 1.807) is 0 Å². The zero-order valence-electron chi connectivity index (χ0n) is 20.8. The summed E-state index contributed by atoms with van der Waals surface area (Å²) >= 11 is 6.26. The van der Waals surface area contributed by atoms with Gasteiger partial charge in [-0.25, -0.2) is 0 Å². The van der Waals surface area contributed by atoms with Crippen LogP contribution in [0, 0.1) is 5.92 Å². The van der Waals surface area contributed by atoms with E-state index in [4.69, 9.17) is 11.6 Å². The van der Waals surface area contributed by atoms with Gasteiger partial charge in [0.1, 0.15) is 0 Å². The molecule has 2 aromatic carbocycles. The molecule has 1 N–H and O–H groups in total. The van der Waals surface area contributed by atoms with Crippen molar-refractivity contribution in [2.24, 2.45) is 5.92 Å². The molecule has 0 bridgehead atoms. The molecule has 0 radical (unpaired) electrons. The quantitative estimate of drug-likeness (QED) is 0.472. The number of benzene rings is 2. The van der Waals surface area contributed by atoms with Crippen LogP contribution in [0.5, 0.6) is 0 Å². The van der Waals surface area contributed by atoms with Gasteiger partial charge in [0.05, 0.1) is 0 Å². The lowest BCUT2D eigenvalue weighted by atomic mass is 9.95. The molecule has 186 valence electrons. The Morgan fingerprint density at radius 2 is 1.83 bits per heavy atom. The number of nitrogens with zero attached hydrogens (tertiary/aromatic N) is 3. The molecule has 3 heterocycles. The lowest BCUT2D eigenvalue weighted by Crippen LogP contribution is -2.44. The number of nitrogens with one attached hydrogen (secondary N) is 1. The van der Waals surface area contributed by atoms with Gasteiger partial charge in [0, 0.05) is 47.8 Å². The maximum absolute atomic E-state index is 12.9. The molecular formula is C29H37ClN4O. The number of amides is 1. The summed E-state index contributed by atoms with van der Waals surface area (Å²) in [7, 11) is 0. The number of piperidine rings is 1. The second kappa shape index (κ2) is 11.2. The highest BCUT2D eigenvalue weighted by atomic mass is 35.5. The smallest absolute Gasteiger partial charge is 0.223 e. The highest BCUT2D eigenvalue weighted by Gasteiger charge is 2.28. The first-order chi connectivity index (χ1) is 17.1. The minimum absolute atomic E-state index is 0.139. The molecule has 0 saturated carbocycles. The summed E-state index contributed by atoms with van der Waals surface area (Å²) < 4.78 is 2.42. The van der Waals surface area contributed by atoms with Crippen LogP contribution in [0.15, 0.2) is 54.6 Å². The molecule has 6 heteroatoms. The van der Waals surface area contributed by atoms with Gasteiger partial charge in [0.25, 0.3) is 0 Å². The van der Waals surface area contributed by atoms with E-state index < -0.39 is 0 Å². The van der Waals surface area contributed by atoms with E-state index in [-0.39, 0.29) is 11.8 Å². The molecule has 0 unspecified atom stereocenters. The van der Waals surface area contributed by atoms with Crippen molar-refractivity contribution in [1.82, 2.24) is 19.7 Å². The Morgan fingerprint density at radius 3 is 2.63 bits per heavy atom. The molecule has 5 rings (SSSR count). The van der Waals surface area contributed by atoms with Crippen LogP contribution in [0.25, 0.3) is 10.9 Å². The Kier molecular flexibility index (Phi) is 7.76. The lowest BCUT2D eigenvalue weighted by Gasteiger charge is -2.32. The van der Waals surface area contributed by atoms with Crippen molar-refractivity contribution in [3.63, 3.8) is 0 Å². The topological polar surface area (TPSA) is 40.5 Å². The third-order valence-electron chi connectivity index (χ3n) is 7.89. The van der Waals surface area contributed by atoms with Gasteiger partial charge in [-0.1, -0.05) is 48.9 Å². The molecule has 0 spiro atoms. The van der Waals surface area contributed by atoms with Crippen LogP contribution in [-0.2, 0) is 17.9 Å². The highest BCUT2D eigenvalue weighted by Crippen LogP contribution is 2.26. The first-order valence-corrected chi connectivity index (χ1v) is 13.5. The summed E-state index contributed by atoms with van der Waals surface area (Å²) in [4.78, 5) is 17.8. The van der Waals surface area contributed by atoms with Gasteiger partial charge >= 0.3 is 0 Å². The molecule has 1 amide bonds. The number of likely N-dealkylation sites (tertiary alicyclic amines) is 2. The minimum atomic E-state index is 0.139. The van der Waals surface area contributed by atoms with Crippen molar-refractivity contribution >= 4 is 28.4 Å². The summed E-state index contributed by atoms with van der Waals surface area (Å²) in [5.74, 6) is 0.391. The lowest BCUT2D eigenvalue weighted by molar-refractivity contribution is -0.126. The van der Waals surface area contributed by atoms with Crippen LogP contribution in [0.3, 0.4) is 0 Å². The van der Waals surface area contributed by atoms with E-state index in [0.29, 0.717) is 6.04 Å². The normalized spacial score (nSPS) is 20.0. The molecule has 2 aliphatic heterocycles. The Hall–Kier alpha value is -2.34. The van der Waals surface area contributed by atoms with Crippen LogP contribution in [0.4, 0.5) is 0 Å². The number of carbonyl (C=O) groups is 1. The molecule has 1 atom stereocenters. The van der Waals surface area contributed by atoms with Crippen molar-refractivity contribution in [2.75, 3.05) is 32.7 Å². The third-order valence-corrected chi connectivity index (χ3v) is 8.12. The molecular weight excluding hydrogens is 456 g/mol. The largest absolute Gasteiger partial charge is 0.354 e. The summed E-state index contributed by atoms with van der Waals surface area (Å²) in [6.07, 6.45) is 4.32. The van der Waals surface area contributed by atoms with Crippen LogP contribution < -0.4 is 5.32 Å². The Bertz CT molecular complexity index is 1150. The first kappa shape index (κ1) is 24.4. The molecule has 2 fully saturated rings. The minimum Gasteiger partial charge on any atom is -0.354 e. The van der Waals surface area contributed by atoms with Crippen LogP contribution in [-0.4, -0.2) is 59.0 Å². The van der Waals surface area contributed by atoms with Gasteiger partial charge in [0.15, 0.2) is 0 Å². The predicted molar refractivity (Wildman–Crippen MR) is 144 cm³/mol. The Balaban J connectivity index is 1.20. The number of para-hydroxylation sites is 1. The number of hydrogen-bond donors (Lipinski definition) is 1. The number of aromatic nitrogens is 1. The number of halogens is 1. The Labute approximate surface area is 214 Å². The average Bonchev–Trinajstić information content (AvgIpc) is 3.47. The molecule has 35 heavy (non-hydrogen) atoms. The fourth-order valence-electron chi connectivity index (χ4n) is 5.89.